The van der Waals surface area contributed by atoms with Crippen LogP contribution in [0, 0.1) is 0 Å². The molecule has 5 heteroatoms. The molecule has 2 saturated heterocycles. The van der Waals surface area contributed by atoms with E-state index < -0.39 is 0 Å². The van der Waals surface area contributed by atoms with Gasteiger partial charge in [0.2, 0.25) is 5.95 Å². The molecule has 0 saturated carbocycles. The van der Waals surface area contributed by atoms with E-state index in [2.05, 4.69) is 14.9 Å². The highest BCUT2D eigenvalue weighted by atomic mass is 16.3. The Hall–Kier alpha value is -1.36. The van der Waals surface area contributed by atoms with Gasteiger partial charge in [0.1, 0.15) is 0 Å². The zero-order valence-corrected chi connectivity index (χ0v) is 9.08. The summed E-state index contributed by atoms with van der Waals surface area (Å²) in [6, 6.07) is 0.801. The minimum atomic E-state index is -0.150. The third-order valence-electron chi connectivity index (χ3n) is 3.60. The number of aliphatic hydroxyl groups is 1. The van der Waals surface area contributed by atoms with E-state index in [1.807, 2.05) is 0 Å². The second kappa shape index (κ2) is 3.59. The fourth-order valence-corrected chi connectivity index (χ4v) is 2.94. The van der Waals surface area contributed by atoms with Crippen LogP contribution >= 0.6 is 0 Å². The number of nitrogens with zero attached hydrogens (tertiary/aromatic N) is 3. The van der Waals surface area contributed by atoms with Gasteiger partial charge in [-0.05, 0) is 25.7 Å². The molecule has 3 heterocycles. The van der Waals surface area contributed by atoms with E-state index in [0.29, 0.717) is 17.8 Å². The van der Waals surface area contributed by atoms with Crippen LogP contribution in [0.1, 0.15) is 25.7 Å². The van der Waals surface area contributed by atoms with Crippen LogP contribution in [0.3, 0.4) is 0 Å². The monoisotopic (exact) mass is 220 g/mol. The highest BCUT2D eigenvalue weighted by Gasteiger charge is 2.41. The molecule has 0 aliphatic carbocycles. The normalized spacial score (nSPS) is 33.1. The van der Waals surface area contributed by atoms with Crippen molar-refractivity contribution in [2.75, 3.05) is 10.6 Å². The summed E-state index contributed by atoms with van der Waals surface area (Å²) < 4.78 is 0. The average Bonchev–Trinajstić information content (AvgIpc) is 2.54. The molecule has 3 N–H and O–H groups in total. The Labute approximate surface area is 94.3 Å². The Morgan fingerprint density at radius 2 is 1.75 bits per heavy atom. The van der Waals surface area contributed by atoms with Crippen LogP contribution in [-0.4, -0.2) is 33.3 Å². The predicted octanol–water partition coefficient (Wildman–Crippen LogP) is 0.551. The Kier molecular flexibility index (Phi) is 2.21. The van der Waals surface area contributed by atoms with E-state index in [4.69, 9.17) is 5.73 Å². The van der Waals surface area contributed by atoms with Crippen LogP contribution in [0.15, 0.2) is 12.4 Å². The first-order valence-corrected chi connectivity index (χ1v) is 5.78. The smallest absolute Gasteiger partial charge is 0.225 e. The number of anilines is 2. The van der Waals surface area contributed by atoms with Crippen LogP contribution in [-0.2, 0) is 0 Å². The van der Waals surface area contributed by atoms with Gasteiger partial charge in [-0.15, -0.1) is 0 Å². The van der Waals surface area contributed by atoms with E-state index in [-0.39, 0.29) is 6.10 Å². The lowest BCUT2D eigenvalue weighted by Gasteiger charge is -2.37. The van der Waals surface area contributed by atoms with Gasteiger partial charge >= 0.3 is 0 Å². The number of aliphatic hydroxyl groups excluding tert-OH is 1. The number of piperidine rings is 1. The SMILES string of the molecule is Nc1cnc(N2C3CCC2CC(O)C3)nc1. The Balaban J connectivity index is 1.88. The fourth-order valence-electron chi connectivity index (χ4n) is 2.94. The summed E-state index contributed by atoms with van der Waals surface area (Å²) in [6.45, 7) is 0. The molecule has 2 atom stereocenters. The summed E-state index contributed by atoms with van der Waals surface area (Å²) in [6.07, 6.45) is 7.08. The minimum Gasteiger partial charge on any atom is -0.396 e. The summed E-state index contributed by atoms with van der Waals surface area (Å²) in [5, 5.41) is 9.71. The zero-order valence-electron chi connectivity index (χ0n) is 9.08. The lowest BCUT2D eigenvalue weighted by atomic mass is 10.0. The number of hydrogen-bond acceptors (Lipinski definition) is 5. The van der Waals surface area contributed by atoms with Crippen molar-refractivity contribution in [1.82, 2.24) is 9.97 Å². The second-order valence-electron chi connectivity index (χ2n) is 4.73. The number of nitrogen functional groups attached to an aromatic ring is 1. The minimum absolute atomic E-state index is 0.150. The molecule has 16 heavy (non-hydrogen) atoms. The van der Waals surface area contributed by atoms with Gasteiger partial charge in [-0.2, -0.15) is 0 Å². The van der Waals surface area contributed by atoms with Crippen molar-refractivity contribution >= 4 is 11.6 Å². The number of hydrogen-bond donors (Lipinski definition) is 2. The maximum atomic E-state index is 9.71. The highest BCUT2D eigenvalue weighted by Crippen LogP contribution is 2.37. The molecule has 0 radical (unpaired) electrons. The molecule has 1 aromatic heterocycles. The standard InChI is InChI=1S/C11H16N4O/c12-7-5-13-11(14-6-7)15-8-1-2-9(15)4-10(16)3-8/h5-6,8-10,16H,1-4,12H2. The molecule has 0 spiro atoms. The van der Waals surface area contributed by atoms with Crippen LogP contribution in [0.5, 0.6) is 0 Å². The maximum absolute atomic E-state index is 9.71. The summed E-state index contributed by atoms with van der Waals surface area (Å²) in [7, 11) is 0. The Morgan fingerprint density at radius 3 is 2.31 bits per heavy atom. The molecule has 0 aromatic carbocycles. The lowest BCUT2D eigenvalue weighted by molar-refractivity contribution is 0.125. The van der Waals surface area contributed by atoms with E-state index in [9.17, 15) is 5.11 Å². The van der Waals surface area contributed by atoms with Crippen LogP contribution < -0.4 is 10.6 Å². The average molecular weight is 220 g/mol. The van der Waals surface area contributed by atoms with Gasteiger partial charge in [-0.3, -0.25) is 0 Å². The molecule has 2 bridgehead atoms. The molecule has 2 aliphatic rings. The van der Waals surface area contributed by atoms with Gasteiger partial charge in [0.25, 0.3) is 0 Å². The van der Waals surface area contributed by atoms with Gasteiger partial charge in [-0.1, -0.05) is 0 Å². The van der Waals surface area contributed by atoms with Crippen molar-refractivity contribution < 1.29 is 5.11 Å². The van der Waals surface area contributed by atoms with Crippen LogP contribution in [0.25, 0.3) is 0 Å². The first-order valence-electron chi connectivity index (χ1n) is 5.78. The van der Waals surface area contributed by atoms with Crippen molar-refractivity contribution in [3.05, 3.63) is 12.4 Å². The van der Waals surface area contributed by atoms with Gasteiger partial charge in [0.05, 0.1) is 24.2 Å². The van der Waals surface area contributed by atoms with E-state index in [0.717, 1.165) is 31.6 Å². The second-order valence-corrected chi connectivity index (χ2v) is 4.73. The summed E-state index contributed by atoms with van der Waals surface area (Å²) in [4.78, 5) is 10.8. The Morgan fingerprint density at radius 1 is 1.19 bits per heavy atom. The van der Waals surface area contributed by atoms with Crippen molar-refractivity contribution in [2.45, 2.75) is 43.9 Å². The number of nitrogens with two attached hydrogens (primary N) is 1. The third-order valence-corrected chi connectivity index (χ3v) is 3.60. The molecule has 3 rings (SSSR count). The largest absolute Gasteiger partial charge is 0.396 e. The Bertz CT molecular complexity index is 366. The third kappa shape index (κ3) is 1.51. The van der Waals surface area contributed by atoms with E-state index in [1.54, 1.807) is 12.4 Å². The summed E-state index contributed by atoms with van der Waals surface area (Å²) >= 11 is 0. The van der Waals surface area contributed by atoms with Crippen molar-refractivity contribution in [2.24, 2.45) is 0 Å². The molecule has 2 aliphatic heterocycles. The van der Waals surface area contributed by atoms with E-state index >= 15 is 0 Å². The van der Waals surface area contributed by atoms with Gasteiger partial charge < -0.3 is 15.7 Å². The molecule has 2 unspecified atom stereocenters. The van der Waals surface area contributed by atoms with Crippen molar-refractivity contribution in [3.63, 3.8) is 0 Å². The first-order chi connectivity index (χ1) is 7.74. The molecule has 1 aromatic rings. The lowest BCUT2D eigenvalue weighted by Crippen LogP contribution is -2.45. The maximum Gasteiger partial charge on any atom is 0.225 e. The van der Waals surface area contributed by atoms with Crippen LogP contribution in [0.4, 0.5) is 11.6 Å². The molecule has 5 nitrogen and oxygen atoms in total. The van der Waals surface area contributed by atoms with Crippen molar-refractivity contribution in [3.8, 4) is 0 Å². The summed E-state index contributed by atoms with van der Waals surface area (Å²) in [5.74, 6) is 0.758. The zero-order chi connectivity index (χ0) is 11.1. The highest BCUT2D eigenvalue weighted by molar-refractivity contribution is 5.41. The number of aromatic nitrogens is 2. The first kappa shape index (κ1) is 9.84. The molecule has 86 valence electrons. The summed E-state index contributed by atoms with van der Waals surface area (Å²) in [5.41, 5.74) is 6.17. The number of fused-ring (bicyclic) bond motifs is 2. The number of rotatable bonds is 1. The van der Waals surface area contributed by atoms with Crippen molar-refractivity contribution in [1.29, 1.82) is 0 Å². The molecular weight excluding hydrogens is 204 g/mol. The van der Waals surface area contributed by atoms with Gasteiger partial charge in [0, 0.05) is 12.1 Å². The quantitative estimate of drug-likeness (QED) is 0.723. The molecule has 0 amide bonds. The van der Waals surface area contributed by atoms with Gasteiger partial charge in [-0.25, -0.2) is 9.97 Å². The fraction of sp³-hybridized carbons (Fsp3) is 0.636. The predicted molar refractivity (Wildman–Crippen MR) is 61.0 cm³/mol. The molecular formula is C11H16N4O. The van der Waals surface area contributed by atoms with Gasteiger partial charge in [0.15, 0.2) is 0 Å². The topological polar surface area (TPSA) is 75.3 Å². The van der Waals surface area contributed by atoms with E-state index in [1.165, 1.54) is 0 Å². The van der Waals surface area contributed by atoms with Crippen LogP contribution in [0.2, 0.25) is 0 Å². The molecule has 2 fully saturated rings.